The summed E-state index contributed by atoms with van der Waals surface area (Å²) >= 11 is 0. The van der Waals surface area contributed by atoms with Gasteiger partial charge in [0, 0.05) is 24.7 Å². The lowest BCUT2D eigenvalue weighted by Crippen LogP contribution is -2.22. The van der Waals surface area contributed by atoms with E-state index >= 15 is 0 Å². The van der Waals surface area contributed by atoms with Gasteiger partial charge in [0.1, 0.15) is 5.82 Å². The molecule has 6 heteroatoms. The third-order valence-electron chi connectivity index (χ3n) is 5.09. The van der Waals surface area contributed by atoms with E-state index in [2.05, 4.69) is 51.6 Å². The van der Waals surface area contributed by atoms with E-state index in [0.29, 0.717) is 31.0 Å². The number of benzene rings is 2. The molecule has 0 radical (unpaired) electrons. The summed E-state index contributed by atoms with van der Waals surface area (Å²) in [5, 5.41) is 16.2. The zero-order valence-electron chi connectivity index (χ0n) is 15.6. The molecule has 0 saturated carbocycles. The van der Waals surface area contributed by atoms with Crippen molar-refractivity contribution < 1.29 is 9.60 Å². The van der Waals surface area contributed by atoms with Crippen molar-refractivity contribution in [3.05, 3.63) is 88.5 Å². The van der Waals surface area contributed by atoms with Gasteiger partial charge in [0.25, 0.3) is 0 Å². The van der Waals surface area contributed by atoms with Crippen molar-refractivity contribution in [3.8, 4) is 0 Å². The van der Waals surface area contributed by atoms with Gasteiger partial charge >= 0.3 is 0 Å². The lowest BCUT2D eigenvalue weighted by atomic mass is 9.82. The lowest BCUT2D eigenvalue weighted by molar-refractivity contribution is 0.316. The summed E-state index contributed by atoms with van der Waals surface area (Å²) in [5.74, 6) is 0.358. The van der Waals surface area contributed by atoms with Crippen molar-refractivity contribution >= 4 is 11.7 Å². The maximum atomic E-state index is 13.2. The molecule has 0 fully saturated rings. The fourth-order valence-corrected chi connectivity index (χ4v) is 3.50. The molecular formula is C22H21FN4O. The summed E-state index contributed by atoms with van der Waals surface area (Å²) in [6.07, 6.45) is 2.95. The van der Waals surface area contributed by atoms with Gasteiger partial charge in [0.2, 0.25) is 5.95 Å². The highest BCUT2D eigenvalue weighted by molar-refractivity contribution is 6.02. The monoisotopic (exact) mass is 376 g/mol. The molecule has 28 heavy (non-hydrogen) atoms. The van der Waals surface area contributed by atoms with Crippen molar-refractivity contribution in [1.29, 1.82) is 0 Å². The summed E-state index contributed by atoms with van der Waals surface area (Å²) in [5.41, 5.74) is 5.52. The van der Waals surface area contributed by atoms with Gasteiger partial charge in [-0.3, -0.25) is 0 Å². The maximum absolute atomic E-state index is 13.2. The molecule has 0 spiro atoms. The van der Waals surface area contributed by atoms with E-state index in [1.807, 2.05) is 0 Å². The van der Waals surface area contributed by atoms with E-state index < -0.39 is 0 Å². The van der Waals surface area contributed by atoms with Crippen molar-refractivity contribution in [2.75, 3.05) is 5.32 Å². The Morgan fingerprint density at radius 1 is 1.11 bits per heavy atom. The molecule has 1 unspecified atom stereocenters. The molecule has 5 nitrogen and oxygen atoms in total. The molecule has 142 valence electrons. The second kappa shape index (κ2) is 7.76. The van der Waals surface area contributed by atoms with Gasteiger partial charge in [-0.2, -0.15) is 0 Å². The second-order valence-electron chi connectivity index (χ2n) is 7.10. The van der Waals surface area contributed by atoms with Crippen molar-refractivity contribution in [3.63, 3.8) is 0 Å². The highest BCUT2D eigenvalue weighted by atomic mass is 19.1. The Morgan fingerprint density at radius 2 is 1.86 bits per heavy atom. The molecule has 1 atom stereocenters. The average molecular weight is 376 g/mol. The lowest BCUT2D eigenvalue weighted by Gasteiger charge is -2.25. The summed E-state index contributed by atoms with van der Waals surface area (Å²) in [4.78, 5) is 9.02. The Hall–Kier alpha value is -3.28. The average Bonchev–Trinajstić information content (AvgIpc) is 2.73. The number of oxime groups is 1. The van der Waals surface area contributed by atoms with Gasteiger partial charge in [-0.05, 0) is 42.5 Å². The van der Waals surface area contributed by atoms with Crippen LogP contribution in [0.5, 0.6) is 0 Å². The normalized spacial score (nSPS) is 17.4. The van der Waals surface area contributed by atoms with Gasteiger partial charge in [-0.1, -0.05) is 47.1 Å². The number of fused-ring (bicyclic) bond motifs is 1. The highest BCUT2D eigenvalue weighted by Gasteiger charge is 2.27. The van der Waals surface area contributed by atoms with Gasteiger partial charge in [-0.25, -0.2) is 14.4 Å². The smallest absolute Gasteiger partial charge is 0.223 e. The summed E-state index contributed by atoms with van der Waals surface area (Å²) in [6, 6.07) is 14.7. The minimum absolute atomic E-state index is 0.0823. The van der Waals surface area contributed by atoms with Crippen LogP contribution in [0.1, 0.15) is 40.3 Å². The number of aryl methyl sites for hydroxylation is 1. The van der Waals surface area contributed by atoms with Crippen LogP contribution < -0.4 is 5.32 Å². The summed E-state index contributed by atoms with van der Waals surface area (Å²) in [6.45, 7) is 2.68. The van der Waals surface area contributed by atoms with Crippen LogP contribution >= 0.6 is 0 Å². The van der Waals surface area contributed by atoms with Gasteiger partial charge in [-0.15, -0.1) is 0 Å². The van der Waals surface area contributed by atoms with E-state index in [-0.39, 0.29) is 11.7 Å². The Balaban J connectivity index is 1.55. The van der Waals surface area contributed by atoms with Crippen LogP contribution in [0, 0.1) is 12.7 Å². The Kier molecular flexibility index (Phi) is 5.02. The van der Waals surface area contributed by atoms with Crippen LogP contribution in [-0.2, 0) is 13.0 Å². The first-order valence-electron chi connectivity index (χ1n) is 9.24. The number of nitrogens with one attached hydrogen (secondary N) is 1. The molecular weight excluding hydrogens is 355 g/mol. The fourth-order valence-electron chi connectivity index (χ4n) is 3.50. The van der Waals surface area contributed by atoms with Crippen molar-refractivity contribution in [2.24, 2.45) is 5.16 Å². The Bertz CT molecular complexity index is 1000. The summed E-state index contributed by atoms with van der Waals surface area (Å²) in [7, 11) is 0. The van der Waals surface area contributed by atoms with Crippen LogP contribution in [0.3, 0.4) is 0 Å². The predicted molar refractivity (Wildman–Crippen MR) is 106 cm³/mol. The minimum Gasteiger partial charge on any atom is -0.411 e. The molecule has 1 heterocycles. The van der Waals surface area contributed by atoms with Crippen LogP contribution in [-0.4, -0.2) is 20.9 Å². The molecule has 1 aromatic heterocycles. The molecule has 0 bridgehead atoms. The number of aromatic nitrogens is 2. The second-order valence-corrected chi connectivity index (χ2v) is 7.10. The Morgan fingerprint density at radius 3 is 2.57 bits per heavy atom. The molecule has 0 amide bonds. The number of rotatable bonds is 4. The first-order chi connectivity index (χ1) is 13.6. The SMILES string of the molecule is Cc1ccc(CNc2ncc3c(n2)CC(c2ccc(F)cc2)C/C3=N\O)cc1. The largest absolute Gasteiger partial charge is 0.411 e. The topological polar surface area (TPSA) is 70.4 Å². The third kappa shape index (κ3) is 3.86. The number of anilines is 1. The van der Waals surface area contributed by atoms with E-state index in [1.165, 1.54) is 17.7 Å². The molecule has 4 rings (SSSR count). The van der Waals surface area contributed by atoms with E-state index in [0.717, 1.165) is 22.4 Å². The fraction of sp³-hybridized carbons (Fsp3) is 0.227. The predicted octanol–water partition coefficient (Wildman–Crippen LogP) is 4.44. The quantitative estimate of drug-likeness (QED) is 0.521. The van der Waals surface area contributed by atoms with E-state index in [9.17, 15) is 9.60 Å². The van der Waals surface area contributed by atoms with Gasteiger partial charge < -0.3 is 10.5 Å². The Labute approximate surface area is 163 Å². The molecule has 0 saturated heterocycles. The van der Waals surface area contributed by atoms with Crippen LogP contribution in [0.25, 0.3) is 0 Å². The molecule has 1 aliphatic rings. The third-order valence-corrected chi connectivity index (χ3v) is 5.09. The zero-order valence-corrected chi connectivity index (χ0v) is 15.6. The number of halogens is 1. The molecule has 3 aromatic rings. The minimum atomic E-state index is -0.263. The van der Waals surface area contributed by atoms with Crippen LogP contribution in [0.15, 0.2) is 59.9 Å². The van der Waals surface area contributed by atoms with Crippen molar-refractivity contribution in [2.45, 2.75) is 32.2 Å². The first-order valence-corrected chi connectivity index (χ1v) is 9.24. The zero-order chi connectivity index (χ0) is 19.5. The van der Waals surface area contributed by atoms with Gasteiger partial charge in [0.15, 0.2) is 0 Å². The number of hydrogen-bond acceptors (Lipinski definition) is 5. The van der Waals surface area contributed by atoms with Crippen LogP contribution in [0.4, 0.5) is 10.3 Å². The number of hydrogen-bond donors (Lipinski definition) is 2. The van der Waals surface area contributed by atoms with Gasteiger partial charge in [0.05, 0.1) is 11.4 Å². The standard InChI is InChI=1S/C22H21FN4O/c1-14-2-4-15(5-3-14)12-24-22-25-13-19-20(26-22)10-17(11-21(19)27-28)16-6-8-18(23)9-7-16/h2-9,13,17,28H,10-12H2,1H3,(H,24,25,26)/b27-21+. The highest BCUT2D eigenvalue weighted by Crippen LogP contribution is 2.32. The molecule has 1 aliphatic carbocycles. The van der Waals surface area contributed by atoms with E-state index in [4.69, 9.17) is 0 Å². The molecule has 0 aliphatic heterocycles. The molecule has 2 N–H and O–H groups in total. The first kappa shape index (κ1) is 18.1. The van der Waals surface area contributed by atoms with Crippen LogP contribution in [0.2, 0.25) is 0 Å². The number of nitrogens with zero attached hydrogens (tertiary/aromatic N) is 3. The van der Waals surface area contributed by atoms with E-state index in [1.54, 1.807) is 18.3 Å². The molecule has 2 aromatic carbocycles. The maximum Gasteiger partial charge on any atom is 0.223 e. The van der Waals surface area contributed by atoms with Crippen molar-refractivity contribution in [1.82, 2.24) is 9.97 Å². The summed E-state index contributed by atoms with van der Waals surface area (Å²) < 4.78 is 13.2.